The number of rotatable bonds is 6. The second-order valence-electron chi connectivity index (χ2n) is 4.01. The summed E-state index contributed by atoms with van der Waals surface area (Å²) < 4.78 is 18.0. The fourth-order valence-electron chi connectivity index (χ4n) is 1.65. The first-order valence-electron chi connectivity index (χ1n) is 5.96. The molecule has 1 unspecified atom stereocenters. The highest BCUT2D eigenvalue weighted by Crippen LogP contribution is 2.18. The van der Waals surface area contributed by atoms with Crippen LogP contribution >= 0.6 is 0 Å². The molecule has 3 N–H and O–H groups in total. The van der Waals surface area contributed by atoms with Crippen LogP contribution in [0, 0.1) is 5.82 Å². The highest BCUT2D eigenvalue weighted by molar-refractivity contribution is 5.94. The van der Waals surface area contributed by atoms with E-state index in [0.717, 1.165) is 12.8 Å². The SMILES string of the molecule is CCC(CCN)NC(=O)c1ccc(F)c(OC)c1. The van der Waals surface area contributed by atoms with Crippen molar-refractivity contribution >= 4 is 5.91 Å². The lowest BCUT2D eigenvalue weighted by atomic mass is 10.1. The summed E-state index contributed by atoms with van der Waals surface area (Å²) in [5.41, 5.74) is 5.84. The average Bonchev–Trinajstić information content (AvgIpc) is 2.38. The van der Waals surface area contributed by atoms with Gasteiger partial charge in [0.25, 0.3) is 5.91 Å². The van der Waals surface area contributed by atoms with Crippen molar-refractivity contribution in [3.63, 3.8) is 0 Å². The van der Waals surface area contributed by atoms with Crippen molar-refractivity contribution in [2.75, 3.05) is 13.7 Å². The van der Waals surface area contributed by atoms with Crippen molar-refractivity contribution in [2.24, 2.45) is 5.73 Å². The lowest BCUT2D eigenvalue weighted by molar-refractivity contribution is 0.0934. The summed E-state index contributed by atoms with van der Waals surface area (Å²) in [6, 6.07) is 4.08. The zero-order chi connectivity index (χ0) is 13.5. The molecular weight excluding hydrogens is 235 g/mol. The van der Waals surface area contributed by atoms with Gasteiger partial charge in [0, 0.05) is 11.6 Å². The topological polar surface area (TPSA) is 64.3 Å². The second-order valence-corrected chi connectivity index (χ2v) is 4.01. The molecule has 1 atom stereocenters. The molecule has 0 aliphatic rings. The smallest absolute Gasteiger partial charge is 0.251 e. The zero-order valence-electron chi connectivity index (χ0n) is 10.7. The van der Waals surface area contributed by atoms with Crippen LogP contribution in [0.2, 0.25) is 0 Å². The standard InChI is InChI=1S/C13H19FN2O2/c1-3-10(6-7-15)16-13(17)9-4-5-11(14)12(8-9)18-2/h4-5,8,10H,3,6-7,15H2,1-2H3,(H,16,17). The molecule has 5 heteroatoms. The largest absolute Gasteiger partial charge is 0.494 e. The number of carbonyl (C=O) groups excluding carboxylic acids is 1. The van der Waals surface area contributed by atoms with Gasteiger partial charge in [-0.2, -0.15) is 0 Å². The van der Waals surface area contributed by atoms with Gasteiger partial charge in [0.05, 0.1) is 7.11 Å². The minimum atomic E-state index is -0.483. The lowest BCUT2D eigenvalue weighted by Gasteiger charge is -2.16. The zero-order valence-corrected chi connectivity index (χ0v) is 10.7. The van der Waals surface area contributed by atoms with E-state index in [2.05, 4.69) is 5.32 Å². The molecule has 100 valence electrons. The Labute approximate surface area is 106 Å². The summed E-state index contributed by atoms with van der Waals surface area (Å²) in [6.07, 6.45) is 1.53. The third-order valence-corrected chi connectivity index (χ3v) is 2.76. The molecule has 0 saturated carbocycles. The Morgan fingerprint density at radius 2 is 2.28 bits per heavy atom. The Bertz CT molecular complexity index is 410. The summed E-state index contributed by atoms with van der Waals surface area (Å²) in [7, 11) is 1.36. The van der Waals surface area contributed by atoms with Crippen LogP contribution in [0.5, 0.6) is 5.75 Å². The molecular formula is C13H19FN2O2. The molecule has 0 spiro atoms. The number of amides is 1. The Morgan fingerprint density at radius 3 is 2.83 bits per heavy atom. The van der Waals surface area contributed by atoms with Crippen LogP contribution in [0.25, 0.3) is 0 Å². The number of benzene rings is 1. The van der Waals surface area contributed by atoms with Crippen LogP contribution in [0.1, 0.15) is 30.1 Å². The van der Waals surface area contributed by atoms with Gasteiger partial charge in [0.2, 0.25) is 0 Å². The molecule has 0 fully saturated rings. The van der Waals surface area contributed by atoms with E-state index < -0.39 is 5.82 Å². The Kier molecular flexibility index (Phi) is 5.58. The second kappa shape index (κ2) is 6.96. The Morgan fingerprint density at radius 1 is 1.56 bits per heavy atom. The molecule has 0 radical (unpaired) electrons. The summed E-state index contributed by atoms with van der Waals surface area (Å²) in [5, 5.41) is 2.86. The molecule has 1 aromatic carbocycles. The Balaban J connectivity index is 2.77. The van der Waals surface area contributed by atoms with Crippen LogP contribution in [-0.4, -0.2) is 25.6 Å². The van der Waals surface area contributed by atoms with Gasteiger partial charge in [0.1, 0.15) is 0 Å². The fraction of sp³-hybridized carbons (Fsp3) is 0.462. The number of methoxy groups -OCH3 is 1. The van der Waals surface area contributed by atoms with Gasteiger partial charge in [-0.15, -0.1) is 0 Å². The molecule has 0 aliphatic carbocycles. The Hall–Kier alpha value is -1.62. The first kappa shape index (κ1) is 14.4. The van der Waals surface area contributed by atoms with Crippen molar-refractivity contribution in [2.45, 2.75) is 25.8 Å². The minimum Gasteiger partial charge on any atom is -0.494 e. The minimum absolute atomic E-state index is 0.0403. The number of hydrogen-bond donors (Lipinski definition) is 2. The number of nitrogens with two attached hydrogens (primary N) is 1. The summed E-state index contributed by atoms with van der Waals surface area (Å²) in [5.74, 6) is -0.661. The van der Waals surface area contributed by atoms with E-state index in [-0.39, 0.29) is 17.7 Å². The number of halogens is 1. The van der Waals surface area contributed by atoms with Gasteiger partial charge < -0.3 is 15.8 Å². The predicted octanol–water partition coefficient (Wildman–Crippen LogP) is 1.69. The van der Waals surface area contributed by atoms with Gasteiger partial charge in [-0.3, -0.25) is 4.79 Å². The van der Waals surface area contributed by atoms with E-state index in [1.54, 1.807) is 0 Å². The van der Waals surface area contributed by atoms with Crippen LogP contribution in [0.15, 0.2) is 18.2 Å². The maximum Gasteiger partial charge on any atom is 0.251 e. The molecule has 1 rings (SSSR count). The molecule has 0 aliphatic heterocycles. The van der Waals surface area contributed by atoms with Gasteiger partial charge in [-0.1, -0.05) is 6.92 Å². The highest BCUT2D eigenvalue weighted by atomic mass is 19.1. The van der Waals surface area contributed by atoms with E-state index in [4.69, 9.17) is 10.5 Å². The number of hydrogen-bond acceptors (Lipinski definition) is 3. The van der Waals surface area contributed by atoms with Crippen molar-refractivity contribution in [3.8, 4) is 5.75 Å². The fourth-order valence-corrected chi connectivity index (χ4v) is 1.65. The average molecular weight is 254 g/mol. The van der Waals surface area contributed by atoms with Crippen LogP contribution in [-0.2, 0) is 0 Å². The number of carbonyl (C=O) groups is 1. The molecule has 0 aromatic heterocycles. The first-order valence-corrected chi connectivity index (χ1v) is 5.96. The van der Waals surface area contributed by atoms with E-state index in [0.29, 0.717) is 12.1 Å². The van der Waals surface area contributed by atoms with Gasteiger partial charge in [-0.25, -0.2) is 4.39 Å². The van der Waals surface area contributed by atoms with E-state index >= 15 is 0 Å². The highest BCUT2D eigenvalue weighted by Gasteiger charge is 2.13. The first-order chi connectivity index (χ1) is 8.62. The van der Waals surface area contributed by atoms with Crippen molar-refractivity contribution in [3.05, 3.63) is 29.6 Å². The lowest BCUT2D eigenvalue weighted by Crippen LogP contribution is -2.35. The van der Waals surface area contributed by atoms with E-state index in [9.17, 15) is 9.18 Å². The molecule has 0 bridgehead atoms. The normalized spacial score (nSPS) is 12.0. The summed E-state index contributed by atoms with van der Waals surface area (Å²) in [4.78, 5) is 11.9. The molecule has 18 heavy (non-hydrogen) atoms. The molecule has 1 aromatic rings. The predicted molar refractivity (Wildman–Crippen MR) is 68.2 cm³/mol. The molecule has 4 nitrogen and oxygen atoms in total. The third kappa shape index (κ3) is 3.70. The third-order valence-electron chi connectivity index (χ3n) is 2.76. The van der Waals surface area contributed by atoms with Crippen LogP contribution in [0.4, 0.5) is 4.39 Å². The molecule has 1 amide bonds. The monoisotopic (exact) mass is 254 g/mol. The molecule has 0 heterocycles. The maximum absolute atomic E-state index is 13.2. The van der Waals surface area contributed by atoms with E-state index in [1.165, 1.54) is 25.3 Å². The maximum atomic E-state index is 13.2. The van der Waals surface area contributed by atoms with Crippen molar-refractivity contribution in [1.82, 2.24) is 5.32 Å². The van der Waals surface area contributed by atoms with Crippen LogP contribution < -0.4 is 15.8 Å². The summed E-state index contributed by atoms with van der Waals surface area (Å²) in [6.45, 7) is 2.50. The van der Waals surface area contributed by atoms with Crippen molar-refractivity contribution < 1.29 is 13.9 Å². The van der Waals surface area contributed by atoms with Gasteiger partial charge in [-0.05, 0) is 37.6 Å². The van der Waals surface area contributed by atoms with Gasteiger partial charge >= 0.3 is 0 Å². The quantitative estimate of drug-likeness (QED) is 0.812. The molecule has 0 saturated heterocycles. The van der Waals surface area contributed by atoms with Gasteiger partial charge in [0.15, 0.2) is 11.6 Å². The van der Waals surface area contributed by atoms with E-state index in [1.807, 2.05) is 6.92 Å². The van der Waals surface area contributed by atoms with Crippen LogP contribution in [0.3, 0.4) is 0 Å². The summed E-state index contributed by atoms with van der Waals surface area (Å²) >= 11 is 0. The number of nitrogens with one attached hydrogen (secondary N) is 1. The van der Waals surface area contributed by atoms with Crippen molar-refractivity contribution in [1.29, 1.82) is 0 Å². The number of ether oxygens (including phenoxy) is 1.